The van der Waals surface area contributed by atoms with Crippen LogP contribution >= 0.6 is 0 Å². The number of hydrogen-bond acceptors (Lipinski definition) is 6. The molecular weight excluding hydrogens is 318 g/mol. The largest absolute Gasteiger partial charge is 0.377 e. The van der Waals surface area contributed by atoms with Crippen LogP contribution in [-0.2, 0) is 4.74 Å². The van der Waals surface area contributed by atoms with Gasteiger partial charge in [0.05, 0.1) is 43.0 Å². The van der Waals surface area contributed by atoms with Gasteiger partial charge in [0, 0.05) is 12.1 Å². The highest BCUT2D eigenvalue weighted by molar-refractivity contribution is 5.68. The second-order valence-corrected chi connectivity index (χ2v) is 6.90. The van der Waals surface area contributed by atoms with Crippen LogP contribution < -0.4 is 5.32 Å². The predicted molar refractivity (Wildman–Crippen MR) is 92.0 cm³/mol. The lowest BCUT2D eigenvalue weighted by Crippen LogP contribution is -2.30. The van der Waals surface area contributed by atoms with Gasteiger partial charge in [-0.1, -0.05) is 19.3 Å². The second kappa shape index (κ2) is 6.11. The molecule has 5 rings (SSSR count). The number of aromatic nitrogens is 6. The summed E-state index contributed by atoms with van der Waals surface area (Å²) in [4.78, 5) is 9.23. The first-order valence-electron chi connectivity index (χ1n) is 8.96. The minimum Gasteiger partial charge on any atom is -0.377 e. The average Bonchev–Trinajstić information content (AvgIpc) is 3.24. The summed E-state index contributed by atoms with van der Waals surface area (Å²) in [6, 6.07) is 0.338. The number of hydrogen-bond donors (Lipinski definition) is 1. The maximum atomic E-state index is 5.23. The molecule has 3 aromatic rings. The fourth-order valence-corrected chi connectivity index (χ4v) is 3.64. The molecule has 3 aromatic heterocycles. The van der Waals surface area contributed by atoms with Gasteiger partial charge in [0.2, 0.25) is 0 Å². The van der Waals surface area contributed by atoms with E-state index in [9.17, 15) is 0 Å². The smallest absolute Gasteiger partial charge is 0.198 e. The van der Waals surface area contributed by atoms with Gasteiger partial charge in [-0.25, -0.2) is 14.5 Å². The SMILES string of the molecule is c1nc2c(Nc3cnn(C4COC4)c3)nc(C3CCCCC3)cn2n1. The van der Waals surface area contributed by atoms with E-state index in [4.69, 9.17) is 9.72 Å². The lowest BCUT2D eigenvalue weighted by Gasteiger charge is -2.25. The van der Waals surface area contributed by atoms with Gasteiger partial charge in [0.1, 0.15) is 6.33 Å². The van der Waals surface area contributed by atoms with Crippen molar-refractivity contribution in [3.05, 3.63) is 30.6 Å². The van der Waals surface area contributed by atoms with E-state index in [1.807, 2.05) is 27.8 Å². The van der Waals surface area contributed by atoms with Crippen LogP contribution in [0.25, 0.3) is 5.65 Å². The van der Waals surface area contributed by atoms with E-state index in [0.717, 1.165) is 36.1 Å². The minimum absolute atomic E-state index is 0.338. The molecule has 0 spiro atoms. The van der Waals surface area contributed by atoms with Gasteiger partial charge in [-0.2, -0.15) is 10.2 Å². The molecule has 1 saturated heterocycles. The first kappa shape index (κ1) is 14.8. The Morgan fingerprint density at radius 1 is 1.08 bits per heavy atom. The van der Waals surface area contributed by atoms with E-state index in [2.05, 4.69) is 20.5 Å². The molecule has 0 aromatic carbocycles. The number of nitrogens with one attached hydrogen (secondary N) is 1. The molecule has 0 amide bonds. The summed E-state index contributed by atoms with van der Waals surface area (Å²) >= 11 is 0. The van der Waals surface area contributed by atoms with Crippen LogP contribution in [0.5, 0.6) is 0 Å². The molecule has 0 radical (unpaired) electrons. The van der Waals surface area contributed by atoms with Crippen molar-refractivity contribution in [2.24, 2.45) is 0 Å². The zero-order valence-corrected chi connectivity index (χ0v) is 14.0. The Hall–Kier alpha value is -2.48. The highest BCUT2D eigenvalue weighted by atomic mass is 16.5. The monoisotopic (exact) mass is 339 g/mol. The maximum Gasteiger partial charge on any atom is 0.198 e. The topological polar surface area (TPSA) is 82.2 Å². The Morgan fingerprint density at radius 3 is 2.76 bits per heavy atom. The Morgan fingerprint density at radius 2 is 1.96 bits per heavy atom. The Bertz CT molecular complexity index is 876. The Kier molecular flexibility index (Phi) is 3.62. The molecule has 0 unspecified atom stereocenters. The molecule has 0 atom stereocenters. The molecule has 1 aliphatic heterocycles. The third-order valence-electron chi connectivity index (χ3n) is 5.16. The molecular formula is C17H21N7O. The Labute approximate surface area is 145 Å². The van der Waals surface area contributed by atoms with Crippen molar-refractivity contribution in [1.29, 1.82) is 0 Å². The van der Waals surface area contributed by atoms with Crippen molar-refractivity contribution in [1.82, 2.24) is 29.4 Å². The van der Waals surface area contributed by atoms with Crippen LogP contribution in [0.3, 0.4) is 0 Å². The maximum absolute atomic E-state index is 5.23. The molecule has 4 heterocycles. The van der Waals surface area contributed by atoms with E-state index >= 15 is 0 Å². The van der Waals surface area contributed by atoms with Crippen molar-refractivity contribution in [2.75, 3.05) is 18.5 Å². The second-order valence-electron chi connectivity index (χ2n) is 6.90. The van der Waals surface area contributed by atoms with Crippen LogP contribution in [-0.4, -0.2) is 42.6 Å². The predicted octanol–water partition coefficient (Wildman–Crippen LogP) is 2.68. The van der Waals surface area contributed by atoms with Crippen LogP contribution in [0.1, 0.15) is 49.8 Å². The molecule has 2 fully saturated rings. The highest BCUT2D eigenvalue weighted by Gasteiger charge is 2.22. The van der Waals surface area contributed by atoms with Crippen molar-refractivity contribution < 1.29 is 4.74 Å². The summed E-state index contributed by atoms with van der Waals surface area (Å²) in [5.74, 6) is 1.25. The summed E-state index contributed by atoms with van der Waals surface area (Å²) in [5.41, 5.74) is 2.74. The lowest BCUT2D eigenvalue weighted by molar-refractivity contribution is -0.0286. The summed E-state index contributed by atoms with van der Waals surface area (Å²) < 4.78 is 9.00. The van der Waals surface area contributed by atoms with E-state index < -0.39 is 0 Å². The van der Waals surface area contributed by atoms with Gasteiger partial charge in [0.15, 0.2) is 11.5 Å². The number of nitrogens with zero attached hydrogens (tertiary/aromatic N) is 6. The fourth-order valence-electron chi connectivity index (χ4n) is 3.64. The highest BCUT2D eigenvalue weighted by Crippen LogP contribution is 2.33. The normalized spacial score (nSPS) is 19.2. The number of rotatable bonds is 4. The number of fused-ring (bicyclic) bond motifs is 1. The summed E-state index contributed by atoms with van der Waals surface area (Å²) in [7, 11) is 0. The summed E-state index contributed by atoms with van der Waals surface area (Å²) in [6.45, 7) is 1.45. The molecule has 8 heteroatoms. The third kappa shape index (κ3) is 2.76. The molecule has 8 nitrogen and oxygen atoms in total. The quantitative estimate of drug-likeness (QED) is 0.787. The first-order valence-corrected chi connectivity index (χ1v) is 8.96. The zero-order valence-electron chi connectivity index (χ0n) is 14.0. The van der Waals surface area contributed by atoms with Gasteiger partial charge in [-0.05, 0) is 12.8 Å². The zero-order chi connectivity index (χ0) is 16.6. The molecule has 1 saturated carbocycles. The number of anilines is 2. The summed E-state index contributed by atoms with van der Waals surface area (Å²) in [5, 5.41) is 12.1. The molecule has 1 aliphatic carbocycles. The van der Waals surface area contributed by atoms with Gasteiger partial charge in [0.25, 0.3) is 0 Å². The van der Waals surface area contributed by atoms with Gasteiger partial charge >= 0.3 is 0 Å². The average molecular weight is 339 g/mol. The molecule has 1 N–H and O–H groups in total. The van der Waals surface area contributed by atoms with Crippen LogP contribution in [0, 0.1) is 0 Å². The Balaban J connectivity index is 1.46. The van der Waals surface area contributed by atoms with Crippen molar-refractivity contribution in [3.63, 3.8) is 0 Å². The van der Waals surface area contributed by atoms with Gasteiger partial charge < -0.3 is 10.1 Å². The fraction of sp³-hybridized carbons (Fsp3) is 0.529. The van der Waals surface area contributed by atoms with Crippen molar-refractivity contribution in [3.8, 4) is 0 Å². The molecule has 0 bridgehead atoms. The van der Waals surface area contributed by atoms with Crippen LogP contribution in [0.15, 0.2) is 24.9 Å². The third-order valence-corrected chi connectivity index (χ3v) is 5.16. The van der Waals surface area contributed by atoms with E-state index in [-0.39, 0.29) is 0 Å². The first-order chi connectivity index (χ1) is 12.4. The van der Waals surface area contributed by atoms with Crippen molar-refractivity contribution in [2.45, 2.75) is 44.1 Å². The van der Waals surface area contributed by atoms with E-state index in [0.29, 0.717) is 12.0 Å². The van der Waals surface area contributed by atoms with Gasteiger partial charge in [-0.3, -0.25) is 4.68 Å². The lowest BCUT2D eigenvalue weighted by atomic mass is 9.87. The van der Waals surface area contributed by atoms with Gasteiger partial charge in [-0.15, -0.1) is 0 Å². The molecule has 2 aliphatic rings. The molecule has 25 heavy (non-hydrogen) atoms. The molecule has 130 valence electrons. The number of ether oxygens (including phenoxy) is 1. The summed E-state index contributed by atoms with van der Waals surface area (Å²) in [6.07, 6.45) is 13.7. The van der Waals surface area contributed by atoms with Crippen LogP contribution in [0.4, 0.5) is 11.5 Å². The minimum atomic E-state index is 0.338. The van der Waals surface area contributed by atoms with E-state index in [1.165, 1.54) is 32.1 Å². The van der Waals surface area contributed by atoms with Crippen molar-refractivity contribution >= 4 is 17.2 Å². The van der Waals surface area contributed by atoms with Crippen LogP contribution in [0.2, 0.25) is 0 Å². The standard InChI is InChI=1S/C17H21N7O/c1-2-4-12(5-3-1)15-8-24-17(18-11-20-24)16(22-15)21-13-6-19-23(7-13)14-9-25-10-14/h6-8,11-12,14H,1-5,9-10H2,(H,21,22). The van der Waals surface area contributed by atoms with E-state index in [1.54, 1.807) is 6.33 Å².